The largest absolute Gasteiger partial charge is 0.382 e. The van der Waals surface area contributed by atoms with Crippen molar-refractivity contribution in [1.82, 2.24) is 4.57 Å². The molecule has 13 heteroatoms. The summed E-state index contributed by atoms with van der Waals surface area (Å²) in [6.45, 7) is 4.71. The molecule has 6 rings (SSSR count). The number of nitrogens with zero attached hydrogens (tertiary/aromatic N) is 1. The van der Waals surface area contributed by atoms with Gasteiger partial charge in [-0.25, -0.2) is 0 Å². The second kappa shape index (κ2) is 17.5. The molecule has 0 fully saturated rings. The van der Waals surface area contributed by atoms with Gasteiger partial charge >= 0.3 is 0 Å². The highest BCUT2D eigenvalue weighted by Crippen LogP contribution is 2.57. The van der Waals surface area contributed by atoms with Crippen molar-refractivity contribution in [2.24, 2.45) is 0 Å². The number of rotatable bonds is 18. The van der Waals surface area contributed by atoms with Gasteiger partial charge in [0.05, 0.1) is 50.0 Å². The summed E-state index contributed by atoms with van der Waals surface area (Å²) in [6, 6.07) is 20.3. The highest BCUT2D eigenvalue weighted by molar-refractivity contribution is 7.47. The number of ether oxygens (including phenoxy) is 4. The van der Waals surface area contributed by atoms with E-state index < -0.39 is 14.9 Å². The van der Waals surface area contributed by atoms with E-state index in [1.54, 1.807) is 14.2 Å². The number of imide groups is 1. The molecule has 4 unspecified atom stereocenters. The molecule has 3 aromatic carbocycles. The Morgan fingerprint density at radius 3 is 1.94 bits per heavy atom. The number of hydrogen-bond acceptors (Lipinski definition) is 6. The van der Waals surface area contributed by atoms with Gasteiger partial charge in [0.15, 0.2) is 0 Å². The summed E-state index contributed by atoms with van der Waals surface area (Å²) >= 11 is 28.6. The Morgan fingerprint density at radius 1 is 0.741 bits per heavy atom. The molecule has 7 nitrogen and oxygen atoms in total. The number of methoxy groups -OCH3 is 2. The number of halogens is 4. The molecule has 1 aliphatic heterocycles. The summed E-state index contributed by atoms with van der Waals surface area (Å²) in [4.78, 5) is 27.9. The predicted octanol–water partition coefficient (Wildman–Crippen LogP) is 10.0. The third kappa shape index (κ3) is 8.10. The average molecular weight is 848 g/mol. The molecular weight excluding hydrogens is 800 g/mol. The van der Waals surface area contributed by atoms with Gasteiger partial charge < -0.3 is 18.9 Å². The van der Waals surface area contributed by atoms with Gasteiger partial charge in [0, 0.05) is 35.4 Å². The van der Waals surface area contributed by atoms with Crippen molar-refractivity contribution in [2.45, 2.75) is 56.2 Å². The minimum atomic E-state index is -3.18. The molecule has 2 aliphatic carbocycles. The Labute approximate surface area is 340 Å². The van der Waals surface area contributed by atoms with Gasteiger partial charge in [-0.3, -0.25) is 14.2 Å². The first-order chi connectivity index (χ1) is 25.9. The van der Waals surface area contributed by atoms with Gasteiger partial charge in [0.1, 0.15) is 0 Å². The zero-order chi connectivity index (χ0) is 38.8. The maximum Gasteiger partial charge on any atom is 0.276 e. The molecule has 0 bridgehead atoms. The van der Waals surface area contributed by atoms with Gasteiger partial charge in [-0.2, -0.15) is 0 Å². The van der Waals surface area contributed by atoms with Crippen LogP contribution in [0.1, 0.15) is 104 Å². The second-order valence-electron chi connectivity index (χ2n) is 14.7. The van der Waals surface area contributed by atoms with Crippen LogP contribution in [0.4, 0.5) is 0 Å². The lowest BCUT2D eigenvalue weighted by molar-refractivity contribution is 0.0621. The summed E-state index contributed by atoms with van der Waals surface area (Å²) in [5, 5.41) is 1.29. The number of carbonyl (C=O) groups is 2. The van der Waals surface area contributed by atoms with Crippen molar-refractivity contribution >= 4 is 84.3 Å². The lowest BCUT2D eigenvalue weighted by Gasteiger charge is -2.34. The highest BCUT2D eigenvalue weighted by Gasteiger charge is 2.54. The van der Waals surface area contributed by atoms with Gasteiger partial charge in [-0.05, 0) is 88.9 Å². The Balaban J connectivity index is 1.19. The number of amides is 2. The number of allylic oxidation sites excluding steroid dienone is 2. The van der Waals surface area contributed by atoms with Crippen LogP contribution in [0.25, 0.3) is 12.2 Å². The standard InChI is InChI=1S/C41H47Cl4NO6Si2/c1-6-27(29-12-14-34-35(21-29)41(48)46(40(34)47)53(5,24-51-17-15-49-3)25-52-18-16-50-4)19-26(2)28-11-13-33-31(20-28)23-37(43)39(33)54(44,45)38-32-10-8-7-9-30(32)22-36(38)42/h7-14,20-23,26-27,38-39H,6,15-19,24-25H2,1-5H3. The fourth-order valence-electron chi connectivity index (χ4n) is 8.05. The molecule has 0 saturated heterocycles. The molecule has 0 radical (unpaired) electrons. The van der Waals surface area contributed by atoms with E-state index in [0.29, 0.717) is 47.6 Å². The molecule has 2 amide bonds. The molecule has 54 heavy (non-hydrogen) atoms. The zero-order valence-electron chi connectivity index (χ0n) is 31.3. The Bertz CT molecular complexity index is 1940. The van der Waals surface area contributed by atoms with E-state index in [1.807, 2.05) is 61.2 Å². The van der Waals surface area contributed by atoms with Crippen molar-refractivity contribution < 1.29 is 28.5 Å². The fraction of sp³-hybridized carbons (Fsp3) is 0.415. The molecule has 0 aromatic heterocycles. The minimum Gasteiger partial charge on any atom is -0.382 e. The van der Waals surface area contributed by atoms with Crippen LogP contribution in [0, 0.1) is 0 Å². The van der Waals surface area contributed by atoms with Crippen LogP contribution in [0.2, 0.25) is 6.55 Å². The average Bonchev–Trinajstić information content (AvgIpc) is 3.77. The quantitative estimate of drug-likeness (QED) is 0.0550. The molecule has 0 spiro atoms. The minimum absolute atomic E-state index is 0.155. The van der Waals surface area contributed by atoms with E-state index in [0.717, 1.165) is 40.7 Å². The predicted molar refractivity (Wildman–Crippen MR) is 223 cm³/mol. The van der Waals surface area contributed by atoms with E-state index in [9.17, 15) is 9.59 Å². The molecule has 0 N–H and O–H groups in total. The van der Waals surface area contributed by atoms with E-state index in [1.165, 1.54) is 10.1 Å². The summed E-state index contributed by atoms with van der Waals surface area (Å²) in [6.07, 6.45) is 6.16. The lowest BCUT2D eigenvalue weighted by atomic mass is 9.83. The van der Waals surface area contributed by atoms with Gasteiger partial charge in [-0.1, -0.05) is 85.6 Å². The summed E-state index contributed by atoms with van der Waals surface area (Å²) in [5.41, 5.74) is 6.64. The SMILES string of the molecule is CCC(CC(C)c1ccc2c(c1)C=C(Cl)C2[Si](Cl)(Cl)C1C(Cl)=Cc2ccccc21)c1ccc2c(c1)C(=O)N([Si](C)(COCCOC)COCCOC)C2=O. The summed E-state index contributed by atoms with van der Waals surface area (Å²) < 4.78 is 23.5. The highest BCUT2D eigenvalue weighted by atomic mass is 35.7. The van der Waals surface area contributed by atoms with Crippen LogP contribution >= 0.6 is 45.4 Å². The van der Waals surface area contributed by atoms with Crippen LogP contribution in [-0.4, -0.2) is 84.4 Å². The van der Waals surface area contributed by atoms with E-state index in [4.69, 9.17) is 64.3 Å². The Kier molecular flexibility index (Phi) is 13.4. The molecule has 288 valence electrons. The topological polar surface area (TPSA) is 74.3 Å². The van der Waals surface area contributed by atoms with E-state index >= 15 is 0 Å². The maximum atomic E-state index is 14.1. The normalized spacial score (nSPS) is 19.1. The first-order valence-electron chi connectivity index (χ1n) is 18.4. The molecular formula is C41H47Cl4NO6Si2. The maximum absolute atomic E-state index is 14.1. The van der Waals surface area contributed by atoms with Crippen LogP contribution in [0.3, 0.4) is 0 Å². The molecule has 3 aromatic rings. The first kappa shape index (κ1) is 41.4. The summed E-state index contributed by atoms with van der Waals surface area (Å²) in [7, 11) is 0.329. The van der Waals surface area contributed by atoms with Crippen LogP contribution < -0.4 is 0 Å². The van der Waals surface area contributed by atoms with Crippen LogP contribution in [0.15, 0.2) is 70.7 Å². The Morgan fingerprint density at radius 2 is 1.31 bits per heavy atom. The van der Waals surface area contributed by atoms with E-state index in [2.05, 4.69) is 32.0 Å². The number of carbonyl (C=O) groups excluding carboxylic acids is 2. The van der Waals surface area contributed by atoms with Crippen LogP contribution in [-0.2, 0) is 18.9 Å². The monoisotopic (exact) mass is 845 g/mol. The van der Waals surface area contributed by atoms with Crippen molar-refractivity contribution in [2.75, 3.05) is 53.1 Å². The van der Waals surface area contributed by atoms with Gasteiger partial charge in [-0.15, -0.1) is 22.2 Å². The summed E-state index contributed by atoms with van der Waals surface area (Å²) in [5.74, 6) is -0.233. The van der Waals surface area contributed by atoms with Crippen LogP contribution in [0.5, 0.6) is 0 Å². The molecule has 1 heterocycles. The van der Waals surface area contributed by atoms with Crippen molar-refractivity contribution in [1.29, 1.82) is 0 Å². The smallest absolute Gasteiger partial charge is 0.276 e. The van der Waals surface area contributed by atoms with E-state index in [-0.39, 0.29) is 47.2 Å². The zero-order valence-corrected chi connectivity index (χ0v) is 36.3. The number of hydrogen-bond donors (Lipinski definition) is 0. The van der Waals surface area contributed by atoms with Gasteiger partial charge in [0.25, 0.3) is 18.5 Å². The second-order valence-corrected chi connectivity index (χ2v) is 26.4. The third-order valence-electron chi connectivity index (χ3n) is 10.9. The molecule has 4 atom stereocenters. The fourth-order valence-corrected chi connectivity index (χ4v) is 18.4. The Hall–Kier alpha value is -2.29. The third-order valence-corrected chi connectivity index (χ3v) is 20.5. The lowest BCUT2D eigenvalue weighted by Crippen LogP contribution is -2.61. The number of benzene rings is 3. The van der Waals surface area contributed by atoms with Crippen molar-refractivity contribution in [3.8, 4) is 0 Å². The van der Waals surface area contributed by atoms with Gasteiger partial charge in [0.2, 0.25) is 8.24 Å². The van der Waals surface area contributed by atoms with Crippen molar-refractivity contribution in [3.05, 3.63) is 115 Å². The van der Waals surface area contributed by atoms with Crippen molar-refractivity contribution in [3.63, 3.8) is 0 Å². The molecule has 3 aliphatic rings. The first-order valence-corrected chi connectivity index (χ1v) is 26.2. The number of fused-ring (bicyclic) bond motifs is 3. The molecule has 0 saturated carbocycles.